The Labute approximate surface area is 68.8 Å². The van der Waals surface area contributed by atoms with Crippen LogP contribution < -0.4 is 19.2 Å². The van der Waals surface area contributed by atoms with Crippen LogP contribution >= 0.6 is 16.5 Å². The van der Waals surface area contributed by atoms with Crippen molar-refractivity contribution in [2.45, 2.75) is 12.5 Å². The summed E-state index contributed by atoms with van der Waals surface area (Å²) in [6.45, 7) is 1.92. The van der Waals surface area contributed by atoms with Crippen molar-refractivity contribution in [1.82, 2.24) is 1.74 Å². The van der Waals surface area contributed by atoms with E-state index >= 15 is 0 Å². The summed E-state index contributed by atoms with van der Waals surface area (Å²) in [5, 5.41) is 0. The van der Waals surface area contributed by atoms with E-state index < -0.39 is 16.5 Å². The number of rotatable bonds is 4. The monoisotopic (exact) mass is 356 g/mol. The van der Waals surface area contributed by atoms with E-state index in [2.05, 4.69) is 1.74 Å². The number of hydrogen-bond acceptors (Lipinski definition) is 3. The van der Waals surface area contributed by atoms with E-state index in [1.165, 1.54) is 0 Å². The molecule has 5 heteroatoms. The van der Waals surface area contributed by atoms with Crippen molar-refractivity contribution in [3.8, 4) is 0 Å². The molecule has 0 spiro atoms. The van der Waals surface area contributed by atoms with Crippen molar-refractivity contribution < 1.29 is 25.3 Å². The molecule has 0 aliphatic carbocycles. The summed E-state index contributed by atoms with van der Waals surface area (Å²) in [7, 11) is 0. The van der Waals surface area contributed by atoms with Crippen LogP contribution in [0.25, 0.3) is 0 Å². The fourth-order valence-corrected chi connectivity index (χ4v) is 7.42. The van der Waals surface area contributed by atoms with Crippen LogP contribution in [0.3, 0.4) is 0 Å². The van der Waals surface area contributed by atoms with E-state index in [1.54, 1.807) is 0 Å². The molecule has 2 rings (SSSR count). The number of nitrogens with one attached hydrogen (secondary N) is 1. The molecule has 0 saturated carbocycles. The summed E-state index contributed by atoms with van der Waals surface area (Å²) in [5.41, 5.74) is 0. The Hall–Kier alpha value is 1.34. The maximum absolute atomic E-state index is 5.52. The van der Waals surface area contributed by atoms with Crippen molar-refractivity contribution >= 4 is 16.5 Å². The molecule has 2 aliphatic heterocycles. The third-order valence-electron chi connectivity index (χ3n) is 1.14. The first-order chi connectivity index (χ1) is 4.45. The van der Waals surface area contributed by atoms with Gasteiger partial charge in [0.1, 0.15) is 0 Å². The molecule has 3 nitrogen and oxygen atoms in total. The van der Waals surface area contributed by atoms with Gasteiger partial charge in [0, 0.05) is 0 Å². The molecular formula is C4H8I2NO2-. The first-order valence-electron chi connectivity index (χ1n) is 2.80. The zero-order valence-corrected chi connectivity index (χ0v) is 9.09. The van der Waals surface area contributed by atoms with Crippen molar-refractivity contribution in [3.05, 3.63) is 0 Å². The fraction of sp³-hybridized carbons (Fsp3) is 1.00. The van der Waals surface area contributed by atoms with Gasteiger partial charge in [-0.3, -0.25) is 0 Å². The van der Waals surface area contributed by atoms with E-state index in [4.69, 9.17) is 7.80 Å². The first kappa shape index (κ1) is 7.01. The van der Waals surface area contributed by atoms with Crippen LogP contribution in [0, 0.1) is 0 Å². The SMILES string of the molecule is C(C[C@@H]1CO1)OI1N[I-]1. The van der Waals surface area contributed by atoms with Crippen molar-refractivity contribution in [2.75, 3.05) is 13.2 Å². The molecule has 0 aromatic rings. The summed E-state index contributed by atoms with van der Waals surface area (Å²) in [5.74, 6) is 0. The summed E-state index contributed by atoms with van der Waals surface area (Å²) < 4.78 is 13.9. The number of hydrogen-bond donors (Lipinski definition) is 1. The van der Waals surface area contributed by atoms with Gasteiger partial charge < -0.3 is 0 Å². The molecule has 0 amide bonds. The Morgan fingerprint density at radius 3 is 3.22 bits per heavy atom. The van der Waals surface area contributed by atoms with E-state index in [1.807, 2.05) is 0 Å². The number of epoxide rings is 1. The second-order valence-electron chi connectivity index (χ2n) is 1.91. The maximum atomic E-state index is 5.52. The van der Waals surface area contributed by atoms with Gasteiger partial charge >= 0.3 is 69.3 Å². The van der Waals surface area contributed by atoms with Crippen LogP contribution in [0.4, 0.5) is 0 Å². The Bertz CT molecular complexity index is 92.7. The molecule has 2 saturated heterocycles. The number of ether oxygens (including phenoxy) is 1. The number of halogens is 2. The Kier molecular flexibility index (Phi) is 2.46. The van der Waals surface area contributed by atoms with Gasteiger partial charge in [0.2, 0.25) is 0 Å². The van der Waals surface area contributed by atoms with Crippen LogP contribution in [0.2, 0.25) is 0 Å². The van der Waals surface area contributed by atoms with Crippen LogP contribution in [0.1, 0.15) is 6.42 Å². The van der Waals surface area contributed by atoms with Gasteiger partial charge in [-0.05, 0) is 0 Å². The zero-order chi connectivity index (χ0) is 6.10. The van der Waals surface area contributed by atoms with Gasteiger partial charge in [-0.25, -0.2) is 0 Å². The van der Waals surface area contributed by atoms with Gasteiger partial charge in [-0.2, -0.15) is 0 Å². The zero-order valence-electron chi connectivity index (χ0n) is 4.77. The molecule has 1 atom stereocenters. The topological polar surface area (TPSA) is 43.7 Å². The molecular weight excluding hydrogens is 348 g/mol. The predicted molar refractivity (Wildman–Crippen MR) is 37.5 cm³/mol. The van der Waals surface area contributed by atoms with E-state index in [0.717, 1.165) is 19.6 Å². The van der Waals surface area contributed by atoms with Crippen molar-refractivity contribution in [2.24, 2.45) is 0 Å². The molecule has 0 aromatic carbocycles. The van der Waals surface area contributed by atoms with Gasteiger partial charge in [0.15, 0.2) is 0 Å². The molecule has 0 unspecified atom stereocenters. The Balaban J connectivity index is 1.46. The fourth-order valence-electron chi connectivity index (χ4n) is 0.531. The predicted octanol–water partition coefficient (Wildman–Crippen LogP) is -2.35. The van der Waals surface area contributed by atoms with Crippen molar-refractivity contribution in [3.63, 3.8) is 0 Å². The molecule has 2 aliphatic rings. The standard InChI is InChI=1S/C4H8I2NO2/c1(4-3-8-4)2-9-6-5-7-6/h4,7H,1-3H2/q-1/t4-/m1/s1. The summed E-state index contributed by atoms with van der Waals surface area (Å²) in [6, 6.07) is 0. The van der Waals surface area contributed by atoms with Crippen LogP contribution in [-0.2, 0) is 7.80 Å². The molecule has 0 radical (unpaired) electrons. The van der Waals surface area contributed by atoms with Gasteiger partial charge in [0.05, 0.1) is 0 Å². The molecule has 1 N–H and O–H groups in total. The average molecular weight is 356 g/mol. The Morgan fingerprint density at radius 2 is 2.67 bits per heavy atom. The molecule has 2 heterocycles. The van der Waals surface area contributed by atoms with Gasteiger partial charge in [-0.1, -0.05) is 0 Å². The summed E-state index contributed by atoms with van der Waals surface area (Å²) >= 11 is -0.385. The van der Waals surface area contributed by atoms with Gasteiger partial charge in [-0.15, -0.1) is 0 Å². The van der Waals surface area contributed by atoms with Crippen LogP contribution in [0.5, 0.6) is 0 Å². The third-order valence-corrected chi connectivity index (χ3v) is 9.42. The van der Waals surface area contributed by atoms with E-state index in [0.29, 0.717) is 23.6 Å². The third kappa shape index (κ3) is 2.83. The molecule has 0 bridgehead atoms. The Morgan fingerprint density at radius 1 is 1.89 bits per heavy atom. The molecule has 2 fully saturated rings. The summed E-state index contributed by atoms with van der Waals surface area (Å²) in [4.78, 5) is 0. The van der Waals surface area contributed by atoms with E-state index in [-0.39, 0.29) is 0 Å². The normalized spacial score (nSPS) is 35.6. The first-order valence-corrected chi connectivity index (χ1v) is 12.1. The minimum absolute atomic E-state index is 0.406. The van der Waals surface area contributed by atoms with Crippen molar-refractivity contribution in [1.29, 1.82) is 0 Å². The average Bonchev–Trinajstić information content (AvgIpc) is 2.57. The minimum atomic E-state index is -0.791. The molecule has 0 aromatic heterocycles. The quantitative estimate of drug-likeness (QED) is 0.349. The van der Waals surface area contributed by atoms with Gasteiger partial charge in [0.25, 0.3) is 0 Å². The second kappa shape index (κ2) is 3.16. The van der Waals surface area contributed by atoms with E-state index in [9.17, 15) is 0 Å². The van der Waals surface area contributed by atoms with Crippen LogP contribution in [-0.4, -0.2) is 19.3 Å². The van der Waals surface area contributed by atoms with Crippen LogP contribution in [0.15, 0.2) is 0 Å². The second-order valence-corrected chi connectivity index (χ2v) is 15.0. The molecule has 56 valence electrons. The summed E-state index contributed by atoms with van der Waals surface area (Å²) in [6.07, 6.45) is 1.68. The molecule has 9 heavy (non-hydrogen) atoms.